The van der Waals surface area contributed by atoms with Crippen molar-refractivity contribution in [3.8, 4) is 5.75 Å². The number of rotatable bonds is 5. The topological polar surface area (TPSA) is 41.6 Å². The number of likely N-dealkylation sites (tertiary alicyclic amines) is 1. The minimum Gasteiger partial charge on any atom is -0.497 e. The predicted octanol–water partition coefficient (Wildman–Crippen LogP) is 1.31. The summed E-state index contributed by atoms with van der Waals surface area (Å²) in [6.07, 6.45) is 1.59. The van der Waals surface area contributed by atoms with E-state index in [1.807, 2.05) is 36.2 Å². The molecule has 0 spiro atoms. The van der Waals surface area contributed by atoms with E-state index < -0.39 is 0 Å². The van der Waals surface area contributed by atoms with Gasteiger partial charge >= 0.3 is 0 Å². The van der Waals surface area contributed by atoms with Gasteiger partial charge in [0.25, 0.3) is 0 Å². The fourth-order valence-corrected chi connectivity index (χ4v) is 2.54. The van der Waals surface area contributed by atoms with E-state index >= 15 is 0 Å². The largest absolute Gasteiger partial charge is 0.497 e. The van der Waals surface area contributed by atoms with E-state index in [9.17, 15) is 4.79 Å². The van der Waals surface area contributed by atoms with Crippen LogP contribution in [0.25, 0.3) is 0 Å². The monoisotopic (exact) mass is 262 g/mol. The number of carbonyl (C=O) groups is 1. The van der Waals surface area contributed by atoms with Gasteiger partial charge in [0.1, 0.15) is 5.75 Å². The third kappa shape index (κ3) is 3.70. The minimum atomic E-state index is 0.226. The maximum atomic E-state index is 12.2. The molecule has 4 nitrogen and oxygen atoms in total. The zero-order valence-corrected chi connectivity index (χ0v) is 11.7. The van der Waals surface area contributed by atoms with Crippen LogP contribution in [-0.4, -0.2) is 44.6 Å². The summed E-state index contributed by atoms with van der Waals surface area (Å²) < 4.78 is 5.11. The minimum absolute atomic E-state index is 0.226. The third-order valence-electron chi connectivity index (χ3n) is 3.65. The quantitative estimate of drug-likeness (QED) is 0.870. The van der Waals surface area contributed by atoms with Crippen LogP contribution in [0.15, 0.2) is 24.3 Å². The van der Waals surface area contributed by atoms with Crippen LogP contribution in [0.3, 0.4) is 0 Å². The Labute approximate surface area is 114 Å². The number of hydrogen-bond acceptors (Lipinski definition) is 3. The Morgan fingerprint density at radius 3 is 2.79 bits per heavy atom. The lowest BCUT2D eigenvalue weighted by atomic mass is 10.1. The molecule has 0 bridgehead atoms. The lowest BCUT2D eigenvalue weighted by Gasteiger charge is -2.16. The van der Waals surface area contributed by atoms with Gasteiger partial charge in [-0.25, -0.2) is 0 Å². The fourth-order valence-electron chi connectivity index (χ4n) is 2.54. The summed E-state index contributed by atoms with van der Waals surface area (Å²) in [4.78, 5) is 14.2. The molecule has 19 heavy (non-hydrogen) atoms. The summed E-state index contributed by atoms with van der Waals surface area (Å²) >= 11 is 0. The first kappa shape index (κ1) is 13.9. The molecule has 1 atom stereocenters. The molecule has 1 amide bonds. The van der Waals surface area contributed by atoms with E-state index in [0.29, 0.717) is 12.3 Å². The second-order valence-corrected chi connectivity index (χ2v) is 5.08. The van der Waals surface area contributed by atoms with E-state index in [2.05, 4.69) is 5.32 Å². The van der Waals surface area contributed by atoms with Crippen LogP contribution in [0, 0.1) is 5.92 Å². The van der Waals surface area contributed by atoms with Gasteiger partial charge in [-0.05, 0) is 43.6 Å². The Kier molecular flexibility index (Phi) is 4.80. The molecule has 0 saturated carbocycles. The number of hydrogen-bond donors (Lipinski definition) is 1. The standard InChI is InChI=1S/C15H22N2O2/c1-16-10-13-7-8-17(11-13)15(18)9-12-3-5-14(19-2)6-4-12/h3-6,13,16H,7-11H2,1-2H3/t13-/m0/s1. The van der Waals surface area contributed by atoms with Crippen molar-refractivity contribution in [3.05, 3.63) is 29.8 Å². The van der Waals surface area contributed by atoms with Crippen LogP contribution in [0.4, 0.5) is 0 Å². The van der Waals surface area contributed by atoms with Crippen LogP contribution in [0.2, 0.25) is 0 Å². The summed E-state index contributed by atoms with van der Waals surface area (Å²) in [5, 5.41) is 3.18. The number of carbonyl (C=O) groups excluding carboxylic acids is 1. The van der Waals surface area contributed by atoms with Crippen LogP contribution in [-0.2, 0) is 11.2 Å². The van der Waals surface area contributed by atoms with E-state index in [4.69, 9.17) is 4.74 Å². The van der Waals surface area contributed by atoms with Gasteiger partial charge in [-0.2, -0.15) is 0 Å². The van der Waals surface area contributed by atoms with Gasteiger partial charge in [0.2, 0.25) is 5.91 Å². The molecule has 1 saturated heterocycles. The van der Waals surface area contributed by atoms with Crippen molar-refractivity contribution < 1.29 is 9.53 Å². The van der Waals surface area contributed by atoms with E-state index in [1.165, 1.54) is 0 Å². The van der Waals surface area contributed by atoms with Crippen molar-refractivity contribution in [2.45, 2.75) is 12.8 Å². The highest BCUT2D eigenvalue weighted by molar-refractivity contribution is 5.79. The molecule has 2 rings (SSSR count). The fraction of sp³-hybridized carbons (Fsp3) is 0.533. The van der Waals surface area contributed by atoms with Gasteiger partial charge in [-0.3, -0.25) is 4.79 Å². The van der Waals surface area contributed by atoms with Gasteiger partial charge in [-0.1, -0.05) is 12.1 Å². The van der Waals surface area contributed by atoms with E-state index in [-0.39, 0.29) is 5.91 Å². The highest BCUT2D eigenvalue weighted by Crippen LogP contribution is 2.17. The summed E-state index contributed by atoms with van der Waals surface area (Å²) in [5.74, 6) is 1.65. The third-order valence-corrected chi connectivity index (χ3v) is 3.65. The molecule has 104 valence electrons. The molecule has 1 heterocycles. The van der Waals surface area contributed by atoms with Crippen molar-refractivity contribution in [2.75, 3.05) is 33.8 Å². The molecular formula is C15H22N2O2. The van der Waals surface area contributed by atoms with Gasteiger partial charge in [0, 0.05) is 13.1 Å². The molecule has 0 radical (unpaired) electrons. The zero-order chi connectivity index (χ0) is 13.7. The average molecular weight is 262 g/mol. The summed E-state index contributed by atoms with van der Waals surface area (Å²) in [5.41, 5.74) is 1.04. The van der Waals surface area contributed by atoms with E-state index in [1.54, 1.807) is 7.11 Å². The lowest BCUT2D eigenvalue weighted by Crippen LogP contribution is -2.31. The maximum Gasteiger partial charge on any atom is 0.226 e. The number of nitrogens with zero attached hydrogens (tertiary/aromatic N) is 1. The van der Waals surface area contributed by atoms with Crippen LogP contribution in [0.5, 0.6) is 5.75 Å². The van der Waals surface area contributed by atoms with E-state index in [0.717, 1.165) is 37.4 Å². The Hall–Kier alpha value is -1.55. The molecule has 0 unspecified atom stereocenters. The van der Waals surface area contributed by atoms with Gasteiger partial charge < -0.3 is 15.0 Å². The van der Waals surface area contributed by atoms with Crippen molar-refractivity contribution in [2.24, 2.45) is 5.92 Å². The molecule has 1 aliphatic heterocycles. The lowest BCUT2D eigenvalue weighted by molar-refractivity contribution is -0.129. The van der Waals surface area contributed by atoms with Crippen molar-refractivity contribution >= 4 is 5.91 Å². The zero-order valence-electron chi connectivity index (χ0n) is 11.7. The molecule has 1 fully saturated rings. The highest BCUT2D eigenvalue weighted by Gasteiger charge is 2.25. The number of ether oxygens (including phenoxy) is 1. The Morgan fingerprint density at radius 1 is 1.42 bits per heavy atom. The number of amides is 1. The predicted molar refractivity (Wildman–Crippen MR) is 75.3 cm³/mol. The second-order valence-electron chi connectivity index (χ2n) is 5.08. The normalized spacial score (nSPS) is 18.6. The first-order valence-electron chi connectivity index (χ1n) is 6.78. The number of methoxy groups -OCH3 is 1. The van der Waals surface area contributed by atoms with Crippen molar-refractivity contribution in [1.29, 1.82) is 0 Å². The molecule has 0 aromatic heterocycles. The SMILES string of the molecule is CNC[C@@H]1CCN(C(=O)Cc2ccc(OC)cc2)C1. The Balaban J connectivity index is 1.87. The summed E-state index contributed by atoms with van der Waals surface area (Å²) in [6, 6.07) is 7.71. The first-order chi connectivity index (χ1) is 9.22. The molecular weight excluding hydrogens is 240 g/mol. The van der Waals surface area contributed by atoms with Gasteiger partial charge in [0.15, 0.2) is 0 Å². The highest BCUT2D eigenvalue weighted by atomic mass is 16.5. The Bertz CT molecular complexity index is 417. The van der Waals surface area contributed by atoms with Gasteiger partial charge in [0.05, 0.1) is 13.5 Å². The molecule has 1 aromatic rings. The smallest absolute Gasteiger partial charge is 0.226 e. The molecule has 1 N–H and O–H groups in total. The molecule has 1 aliphatic rings. The second kappa shape index (κ2) is 6.57. The van der Waals surface area contributed by atoms with Gasteiger partial charge in [-0.15, -0.1) is 0 Å². The number of nitrogens with one attached hydrogen (secondary N) is 1. The summed E-state index contributed by atoms with van der Waals surface area (Å²) in [7, 11) is 3.61. The molecule has 1 aromatic carbocycles. The van der Waals surface area contributed by atoms with Crippen molar-refractivity contribution in [1.82, 2.24) is 10.2 Å². The first-order valence-corrected chi connectivity index (χ1v) is 6.78. The average Bonchev–Trinajstić information content (AvgIpc) is 2.89. The molecule has 0 aliphatic carbocycles. The number of benzene rings is 1. The summed E-state index contributed by atoms with van der Waals surface area (Å²) in [6.45, 7) is 2.77. The Morgan fingerprint density at radius 2 is 2.16 bits per heavy atom. The van der Waals surface area contributed by atoms with Crippen LogP contribution in [0.1, 0.15) is 12.0 Å². The van der Waals surface area contributed by atoms with Crippen LogP contribution < -0.4 is 10.1 Å². The molecule has 4 heteroatoms. The van der Waals surface area contributed by atoms with Crippen molar-refractivity contribution in [3.63, 3.8) is 0 Å². The van der Waals surface area contributed by atoms with Crippen LogP contribution >= 0.6 is 0 Å². The maximum absolute atomic E-state index is 12.2.